The van der Waals surface area contributed by atoms with E-state index in [2.05, 4.69) is 0 Å². The Bertz CT molecular complexity index is 246. The molecule has 0 aliphatic heterocycles. The zero-order valence-electron chi connectivity index (χ0n) is 9.43. The number of carbonyl (C=O) groups is 2. The third-order valence-corrected chi connectivity index (χ3v) is 2.22. The highest BCUT2D eigenvalue weighted by Crippen LogP contribution is 2.23. The van der Waals surface area contributed by atoms with E-state index in [9.17, 15) is 9.59 Å². The lowest BCUT2D eigenvalue weighted by molar-refractivity contribution is -0.233. The van der Waals surface area contributed by atoms with Gasteiger partial charge in [-0.05, 0) is 0 Å². The van der Waals surface area contributed by atoms with Gasteiger partial charge in [0.05, 0.1) is 12.5 Å². The van der Waals surface area contributed by atoms with Crippen molar-refractivity contribution in [1.82, 2.24) is 0 Å². The minimum Gasteiger partial charge on any atom is -0.481 e. The second kappa shape index (κ2) is 6.41. The van der Waals surface area contributed by atoms with Gasteiger partial charge >= 0.3 is 11.9 Å². The number of carboxylic acids is 2. The Labute approximate surface area is 92.9 Å². The molecule has 0 aromatic carbocycles. The predicted octanol–water partition coefficient (Wildman–Crippen LogP) is -0.203. The molecule has 0 bridgehead atoms. The summed E-state index contributed by atoms with van der Waals surface area (Å²) < 4.78 is 14.2. The third-order valence-electron chi connectivity index (χ3n) is 2.22. The summed E-state index contributed by atoms with van der Waals surface area (Å²) >= 11 is 0. The summed E-state index contributed by atoms with van der Waals surface area (Å²) in [6.45, 7) is -0.114. The van der Waals surface area contributed by atoms with E-state index in [0.717, 1.165) is 14.2 Å². The Hall–Kier alpha value is -1.18. The average molecular weight is 236 g/mol. The molecule has 7 nitrogen and oxygen atoms in total. The van der Waals surface area contributed by atoms with Crippen molar-refractivity contribution >= 4 is 11.9 Å². The topological polar surface area (TPSA) is 102 Å². The molecule has 0 saturated heterocycles. The zero-order chi connectivity index (χ0) is 12.8. The fourth-order valence-electron chi connectivity index (χ4n) is 1.26. The summed E-state index contributed by atoms with van der Waals surface area (Å²) in [7, 11) is 3.62. The maximum atomic E-state index is 11.0. The first-order valence-corrected chi connectivity index (χ1v) is 4.49. The summed E-state index contributed by atoms with van der Waals surface area (Å²) in [4.78, 5) is 21.8. The van der Waals surface area contributed by atoms with Crippen LogP contribution in [0.4, 0.5) is 0 Å². The molecule has 94 valence electrons. The second-order valence-electron chi connectivity index (χ2n) is 3.16. The fraction of sp³-hybridized carbons (Fsp3) is 0.778. The summed E-state index contributed by atoms with van der Waals surface area (Å²) in [6.07, 6.45) is -0.335. The van der Waals surface area contributed by atoms with Crippen LogP contribution in [0.3, 0.4) is 0 Å². The highest BCUT2D eigenvalue weighted by molar-refractivity contribution is 5.77. The minimum absolute atomic E-state index is 0.114. The lowest BCUT2D eigenvalue weighted by atomic mass is 9.99. The molecule has 16 heavy (non-hydrogen) atoms. The van der Waals surface area contributed by atoms with Crippen LogP contribution in [0.5, 0.6) is 0 Å². The van der Waals surface area contributed by atoms with Crippen molar-refractivity contribution < 1.29 is 34.0 Å². The summed E-state index contributed by atoms with van der Waals surface area (Å²) in [5.41, 5.74) is 0. The predicted molar refractivity (Wildman–Crippen MR) is 52.0 cm³/mol. The number of rotatable bonds is 8. The van der Waals surface area contributed by atoms with Gasteiger partial charge < -0.3 is 24.4 Å². The lowest BCUT2D eigenvalue weighted by Gasteiger charge is -2.28. The molecular formula is C9H16O7. The third kappa shape index (κ3) is 3.44. The minimum atomic E-state index is -1.96. The van der Waals surface area contributed by atoms with E-state index in [1.54, 1.807) is 0 Å². The lowest BCUT2D eigenvalue weighted by Crippen LogP contribution is -2.46. The Morgan fingerprint density at radius 1 is 1.19 bits per heavy atom. The van der Waals surface area contributed by atoms with E-state index >= 15 is 0 Å². The molecule has 0 rings (SSSR count). The van der Waals surface area contributed by atoms with Crippen molar-refractivity contribution in [2.24, 2.45) is 5.92 Å². The Kier molecular flexibility index (Phi) is 5.94. The van der Waals surface area contributed by atoms with Crippen LogP contribution in [0, 0.1) is 5.92 Å². The van der Waals surface area contributed by atoms with E-state index in [1.807, 2.05) is 0 Å². The molecule has 1 atom stereocenters. The first kappa shape index (κ1) is 14.8. The van der Waals surface area contributed by atoms with Crippen molar-refractivity contribution in [3.8, 4) is 0 Å². The zero-order valence-corrected chi connectivity index (χ0v) is 9.43. The molecule has 0 aliphatic rings. The van der Waals surface area contributed by atoms with Gasteiger partial charge in [-0.2, -0.15) is 0 Å². The fourth-order valence-corrected chi connectivity index (χ4v) is 1.26. The molecule has 2 N–H and O–H groups in total. The van der Waals surface area contributed by atoms with Gasteiger partial charge in [-0.15, -0.1) is 0 Å². The molecule has 1 unspecified atom stereocenters. The highest BCUT2D eigenvalue weighted by atomic mass is 16.7. The Balaban J connectivity index is 4.83. The van der Waals surface area contributed by atoms with Gasteiger partial charge in [0, 0.05) is 27.8 Å². The van der Waals surface area contributed by atoms with Crippen molar-refractivity contribution in [2.75, 3.05) is 27.9 Å². The quantitative estimate of drug-likeness (QED) is 0.562. The van der Waals surface area contributed by atoms with Gasteiger partial charge in [-0.25, -0.2) is 4.79 Å². The second-order valence-corrected chi connectivity index (χ2v) is 3.16. The molecule has 0 aromatic heterocycles. The molecular weight excluding hydrogens is 220 g/mol. The van der Waals surface area contributed by atoms with Crippen LogP contribution in [0.15, 0.2) is 0 Å². The van der Waals surface area contributed by atoms with Gasteiger partial charge in [0.25, 0.3) is 5.79 Å². The van der Waals surface area contributed by atoms with Gasteiger partial charge in [-0.3, -0.25) is 4.79 Å². The first-order valence-electron chi connectivity index (χ1n) is 4.49. The standard InChI is InChI=1S/C9H16O7/c1-14-5-6(7(10)11)4-9(15-2,16-3)8(12)13/h6H,4-5H2,1-3H3,(H,10,11)(H,12,13). The summed E-state index contributed by atoms with van der Waals surface area (Å²) in [6, 6.07) is 0. The highest BCUT2D eigenvalue weighted by Gasteiger charge is 2.43. The number of hydrogen-bond donors (Lipinski definition) is 2. The van der Waals surface area contributed by atoms with Crippen LogP contribution in [0.2, 0.25) is 0 Å². The molecule has 0 aromatic rings. The summed E-state index contributed by atoms with van der Waals surface area (Å²) in [5, 5.41) is 17.8. The SMILES string of the molecule is COCC(CC(OC)(OC)C(=O)O)C(=O)O. The van der Waals surface area contributed by atoms with Crippen molar-refractivity contribution in [3.63, 3.8) is 0 Å². The Morgan fingerprint density at radius 2 is 1.69 bits per heavy atom. The van der Waals surface area contributed by atoms with Gasteiger partial charge in [0.15, 0.2) is 0 Å². The van der Waals surface area contributed by atoms with Gasteiger partial charge in [0.1, 0.15) is 0 Å². The molecule has 0 fully saturated rings. The molecule has 0 aliphatic carbocycles. The number of methoxy groups -OCH3 is 3. The van der Waals surface area contributed by atoms with E-state index in [4.69, 9.17) is 24.4 Å². The van der Waals surface area contributed by atoms with Crippen LogP contribution in [-0.2, 0) is 23.8 Å². The van der Waals surface area contributed by atoms with Crippen LogP contribution in [0.1, 0.15) is 6.42 Å². The maximum absolute atomic E-state index is 11.0. The molecule has 7 heteroatoms. The van der Waals surface area contributed by atoms with E-state index in [0.29, 0.717) is 0 Å². The van der Waals surface area contributed by atoms with Gasteiger partial charge in [-0.1, -0.05) is 0 Å². The number of carboxylic acid groups (broad SMARTS) is 2. The van der Waals surface area contributed by atoms with Crippen molar-refractivity contribution in [2.45, 2.75) is 12.2 Å². The van der Waals surface area contributed by atoms with Crippen LogP contribution >= 0.6 is 0 Å². The molecule has 0 heterocycles. The number of aliphatic carboxylic acids is 2. The largest absolute Gasteiger partial charge is 0.481 e. The smallest absolute Gasteiger partial charge is 0.364 e. The molecule has 0 saturated carbocycles. The van der Waals surface area contributed by atoms with Gasteiger partial charge in [0.2, 0.25) is 0 Å². The van der Waals surface area contributed by atoms with E-state index in [1.165, 1.54) is 7.11 Å². The van der Waals surface area contributed by atoms with Crippen molar-refractivity contribution in [1.29, 1.82) is 0 Å². The van der Waals surface area contributed by atoms with Crippen molar-refractivity contribution in [3.05, 3.63) is 0 Å². The summed E-state index contributed by atoms with van der Waals surface area (Å²) in [5.74, 6) is -5.51. The van der Waals surface area contributed by atoms with E-state index < -0.39 is 23.6 Å². The number of hydrogen-bond acceptors (Lipinski definition) is 5. The normalized spacial score (nSPS) is 13.4. The van der Waals surface area contributed by atoms with Crippen LogP contribution in [-0.4, -0.2) is 55.9 Å². The number of ether oxygens (including phenoxy) is 3. The molecule has 0 radical (unpaired) electrons. The van der Waals surface area contributed by atoms with E-state index in [-0.39, 0.29) is 13.0 Å². The maximum Gasteiger partial charge on any atom is 0.364 e. The van der Waals surface area contributed by atoms with Crippen LogP contribution in [0.25, 0.3) is 0 Å². The average Bonchev–Trinajstić information content (AvgIpc) is 2.23. The van der Waals surface area contributed by atoms with Crippen LogP contribution < -0.4 is 0 Å². The Morgan fingerprint density at radius 3 is 1.94 bits per heavy atom. The monoisotopic (exact) mass is 236 g/mol. The molecule has 0 spiro atoms. The first-order chi connectivity index (χ1) is 7.43. The molecule has 0 amide bonds.